The van der Waals surface area contributed by atoms with Crippen molar-refractivity contribution in [2.75, 3.05) is 20.2 Å². The fourth-order valence-corrected chi connectivity index (χ4v) is 3.04. The predicted octanol–water partition coefficient (Wildman–Crippen LogP) is 3.12. The first-order valence-electron chi connectivity index (χ1n) is 8.06. The number of benzene rings is 1. The lowest BCUT2D eigenvalue weighted by Gasteiger charge is -2.37. The summed E-state index contributed by atoms with van der Waals surface area (Å²) in [4.78, 5) is 25.5. The second-order valence-corrected chi connectivity index (χ2v) is 7.01. The van der Waals surface area contributed by atoms with Gasteiger partial charge in [0.1, 0.15) is 11.4 Å². The van der Waals surface area contributed by atoms with E-state index in [1.807, 2.05) is 24.3 Å². The lowest BCUT2D eigenvalue weighted by Crippen LogP contribution is -2.47. The zero-order valence-electron chi connectivity index (χ0n) is 14.6. The lowest BCUT2D eigenvalue weighted by atomic mass is 9.80. The van der Waals surface area contributed by atoms with Crippen molar-refractivity contribution < 1.29 is 24.2 Å². The number of nitrogens with zero attached hydrogens (tertiary/aromatic N) is 1. The van der Waals surface area contributed by atoms with E-state index in [2.05, 4.69) is 0 Å². The van der Waals surface area contributed by atoms with E-state index in [4.69, 9.17) is 9.47 Å². The number of carbonyl (C=O) groups excluding carboxylic acids is 1. The molecule has 0 aliphatic carbocycles. The summed E-state index contributed by atoms with van der Waals surface area (Å²) in [7, 11) is 1.57. The van der Waals surface area contributed by atoms with Gasteiger partial charge in [0.2, 0.25) is 0 Å². The molecule has 1 aliphatic rings. The number of carboxylic acid groups (broad SMARTS) is 1. The summed E-state index contributed by atoms with van der Waals surface area (Å²) in [5.74, 6) is -1.13. The number of carboxylic acids is 1. The third-order valence-electron chi connectivity index (χ3n) is 4.12. The standard InChI is InChI=1S/C18H25NO5/c1-18(2,3)24-17(22)19-10-9-12(14(11-19)16(20)21)13-7-5-6-8-15(13)23-4/h5-8,12,14H,9-11H2,1-4H3,(H,20,21)/t12-,14-/m0/s1. The number of likely N-dealkylation sites (tertiary alicyclic amines) is 1. The quantitative estimate of drug-likeness (QED) is 0.918. The first-order chi connectivity index (χ1) is 11.2. The molecular formula is C18H25NO5. The van der Waals surface area contributed by atoms with Crippen molar-refractivity contribution in [3.8, 4) is 5.75 Å². The molecule has 24 heavy (non-hydrogen) atoms. The predicted molar refractivity (Wildman–Crippen MR) is 89.3 cm³/mol. The molecule has 1 N–H and O–H groups in total. The van der Waals surface area contributed by atoms with Crippen LogP contribution in [-0.2, 0) is 9.53 Å². The van der Waals surface area contributed by atoms with E-state index in [1.165, 1.54) is 4.90 Å². The first kappa shape index (κ1) is 18.1. The maximum atomic E-state index is 12.2. The van der Waals surface area contributed by atoms with Gasteiger partial charge >= 0.3 is 12.1 Å². The number of piperidine rings is 1. The smallest absolute Gasteiger partial charge is 0.410 e. The van der Waals surface area contributed by atoms with Crippen molar-refractivity contribution in [3.63, 3.8) is 0 Å². The first-order valence-corrected chi connectivity index (χ1v) is 8.06. The number of para-hydroxylation sites is 1. The summed E-state index contributed by atoms with van der Waals surface area (Å²) < 4.78 is 10.7. The molecule has 2 atom stereocenters. The number of ether oxygens (including phenoxy) is 2. The monoisotopic (exact) mass is 335 g/mol. The highest BCUT2D eigenvalue weighted by Crippen LogP contribution is 2.38. The van der Waals surface area contributed by atoms with Crippen molar-refractivity contribution in [2.45, 2.75) is 38.7 Å². The molecule has 0 bridgehead atoms. The van der Waals surface area contributed by atoms with Gasteiger partial charge in [-0.15, -0.1) is 0 Å². The Hall–Kier alpha value is -2.24. The maximum Gasteiger partial charge on any atom is 0.410 e. The second kappa shape index (κ2) is 7.11. The van der Waals surface area contributed by atoms with Crippen LogP contribution in [0.1, 0.15) is 38.7 Å². The molecule has 132 valence electrons. The lowest BCUT2D eigenvalue weighted by molar-refractivity contribution is -0.144. The number of hydrogen-bond donors (Lipinski definition) is 1. The van der Waals surface area contributed by atoms with Crippen LogP contribution in [0.15, 0.2) is 24.3 Å². The highest BCUT2D eigenvalue weighted by Gasteiger charge is 2.39. The summed E-state index contributed by atoms with van der Waals surface area (Å²) in [6.07, 6.45) is 0.0866. The van der Waals surface area contributed by atoms with Crippen LogP contribution >= 0.6 is 0 Å². The van der Waals surface area contributed by atoms with Gasteiger partial charge in [0.25, 0.3) is 0 Å². The summed E-state index contributed by atoms with van der Waals surface area (Å²) >= 11 is 0. The molecule has 1 aromatic carbocycles. The third-order valence-corrected chi connectivity index (χ3v) is 4.12. The van der Waals surface area contributed by atoms with Gasteiger partial charge in [-0.3, -0.25) is 4.79 Å². The van der Waals surface area contributed by atoms with E-state index in [0.717, 1.165) is 5.56 Å². The van der Waals surface area contributed by atoms with Gasteiger partial charge in [0, 0.05) is 19.0 Å². The van der Waals surface area contributed by atoms with E-state index in [9.17, 15) is 14.7 Å². The third kappa shape index (κ3) is 4.19. The van der Waals surface area contributed by atoms with Gasteiger partial charge in [-0.25, -0.2) is 4.79 Å². The average molecular weight is 335 g/mol. The molecule has 1 aromatic rings. The number of amides is 1. The van der Waals surface area contributed by atoms with Gasteiger partial charge < -0.3 is 19.5 Å². The van der Waals surface area contributed by atoms with Crippen LogP contribution < -0.4 is 4.74 Å². The molecule has 0 saturated carbocycles. The van der Waals surface area contributed by atoms with E-state index in [1.54, 1.807) is 27.9 Å². The van der Waals surface area contributed by atoms with Crippen LogP contribution in [0.3, 0.4) is 0 Å². The molecule has 6 heteroatoms. The molecule has 2 rings (SSSR count). The Morgan fingerprint density at radius 3 is 2.50 bits per heavy atom. The molecule has 1 fully saturated rings. The SMILES string of the molecule is COc1ccccc1[C@@H]1CCN(C(=O)OC(C)(C)C)C[C@@H]1C(=O)O. The molecule has 1 saturated heterocycles. The summed E-state index contributed by atoms with van der Waals surface area (Å²) in [6, 6.07) is 7.45. The van der Waals surface area contributed by atoms with Crippen LogP contribution in [-0.4, -0.2) is 47.9 Å². The molecule has 0 aromatic heterocycles. The fourth-order valence-electron chi connectivity index (χ4n) is 3.04. The minimum atomic E-state index is -0.917. The van der Waals surface area contributed by atoms with Crippen molar-refractivity contribution in [1.82, 2.24) is 4.90 Å². The van der Waals surface area contributed by atoms with E-state index in [-0.39, 0.29) is 12.5 Å². The topological polar surface area (TPSA) is 76.1 Å². The van der Waals surface area contributed by atoms with Gasteiger partial charge in [0.05, 0.1) is 13.0 Å². The molecule has 1 aliphatic heterocycles. The average Bonchev–Trinajstić information content (AvgIpc) is 2.52. The number of carbonyl (C=O) groups is 2. The van der Waals surface area contributed by atoms with Crippen LogP contribution in [0.25, 0.3) is 0 Å². The van der Waals surface area contributed by atoms with Gasteiger partial charge in [-0.05, 0) is 38.8 Å². The largest absolute Gasteiger partial charge is 0.496 e. The van der Waals surface area contributed by atoms with Crippen LogP contribution in [0.5, 0.6) is 5.75 Å². The minimum Gasteiger partial charge on any atom is -0.496 e. The van der Waals surface area contributed by atoms with Gasteiger partial charge in [-0.2, -0.15) is 0 Å². The zero-order valence-corrected chi connectivity index (χ0v) is 14.6. The van der Waals surface area contributed by atoms with Crippen molar-refractivity contribution in [1.29, 1.82) is 0 Å². The molecule has 0 radical (unpaired) electrons. The zero-order chi connectivity index (χ0) is 17.9. The van der Waals surface area contributed by atoms with E-state index < -0.39 is 23.6 Å². The Bertz CT molecular complexity index is 608. The van der Waals surface area contributed by atoms with Crippen molar-refractivity contribution >= 4 is 12.1 Å². The Kier molecular flexibility index (Phi) is 5.36. The molecule has 1 heterocycles. The molecular weight excluding hydrogens is 310 g/mol. The van der Waals surface area contributed by atoms with Gasteiger partial charge in [-0.1, -0.05) is 18.2 Å². The van der Waals surface area contributed by atoms with Crippen LogP contribution in [0, 0.1) is 5.92 Å². The fraction of sp³-hybridized carbons (Fsp3) is 0.556. The summed E-state index contributed by atoms with van der Waals surface area (Å²) in [5, 5.41) is 9.65. The Balaban J connectivity index is 2.20. The summed E-state index contributed by atoms with van der Waals surface area (Å²) in [6.45, 7) is 5.97. The molecule has 6 nitrogen and oxygen atoms in total. The Labute approximate surface area is 142 Å². The maximum absolute atomic E-state index is 12.2. The second-order valence-electron chi connectivity index (χ2n) is 7.01. The Morgan fingerprint density at radius 1 is 1.25 bits per heavy atom. The number of aliphatic carboxylic acids is 1. The Morgan fingerprint density at radius 2 is 1.92 bits per heavy atom. The molecule has 0 spiro atoms. The van der Waals surface area contributed by atoms with Crippen LogP contribution in [0.2, 0.25) is 0 Å². The van der Waals surface area contributed by atoms with E-state index in [0.29, 0.717) is 18.7 Å². The minimum absolute atomic E-state index is 0.132. The highest BCUT2D eigenvalue weighted by molar-refractivity contribution is 5.75. The van der Waals surface area contributed by atoms with E-state index >= 15 is 0 Å². The number of methoxy groups -OCH3 is 1. The van der Waals surface area contributed by atoms with Crippen LogP contribution in [0.4, 0.5) is 4.79 Å². The molecule has 1 amide bonds. The van der Waals surface area contributed by atoms with Gasteiger partial charge in [0.15, 0.2) is 0 Å². The van der Waals surface area contributed by atoms with Crippen molar-refractivity contribution in [2.24, 2.45) is 5.92 Å². The normalized spacial score (nSPS) is 21.2. The summed E-state index contributed by atoms with van der Waals surface area (Å²) in [5.41, 5.74) is 0.270. The molecule has 0 unspecified atom stereocenters. The number of hydrogen-bond acceptors (Lipinski definition) is 4. The highest BCUT2D eigenvalue weighted by atomic mass is 16.6. The van der Waals surface area contributed by atoms with Crippen molar-refractivity contribution in [3.05, 3.63) is 29.8 Å². The number of rotatable bonds is 3.